The molecule has 0 spiro atoms. The quantitative estimate of drug-likeness (QED) is 0.941. The van der Waals surface area contributed by atoms with Crippen molar-refractivity contribution >= 4 is 52.0 Å². The van der Waals surface area contributed by atoms with Gasteiger partial charge in [0, 0.05) is 0 Å². The Bertz CT molecular complexity index is 613. The number of benzene rings is 1. The predicted molar refractivity (Wildman–Crippen MR) is 74.6 cm³/mol. The van der Waals surface area contributed by atoms with E-state index >= 15 is 0 Å². The Morgan fingerprint density at radius 3 is 2.72 bits per heavy atom. The molecule has 0 fully saturated rings. The topological polar surface area (TPSA) is 55.1 Å². The third kappa shape index (κ3) is 2.58. The van der Waals surface area contributed by atoms with E-state index in [0.717, 1.165) is 0 Å². The maximum atomic E-state index is 10.9. The fourth-order valence-electron chi connectivity index (χ4n) is 1.72. The van der Waals surface area contributed by atoms with Crippen molar-refractivity contribution in [1.82, 2.24) is 9.55 Å². The second-order valence-corrected chi connectivity index (χ2v) is 5.38. The van der Waals surface area contributed by atoms with Crippen molar-refractivity contribution in [3.63, 3.8) is 0 Å². The highest BCUT2D eigenvalue weighted by atomic mass is 35.5. The lowest BCUT2D eigenvalue weighted by Gasteiger charge is -2.05. The number of hydrogen-bond donors (Lipinski definition) is 1. The number of rotatable bonds is 4. The van der Waals surface area contributed by atoms with Crippen LogP contribution < -0.4 is 0 Å². The van der Waals surface area contributed by atoms with E-state index in [1.807, 2.05) is 6.26 Å². The molecule has 0 atom stereocenters. The van der Waals surface area contributed by atoms with Crippen LogP contribution in [0.3, 0.4) is 0 Å². The molecule has 0 saturated heterocycles. The Hall–Kier alpha value is -0.910. The number of halogens is 2. The van der Waals surface area contributed by atoms with Crippen LogP contribution in [0.5, 0.6) is 0 Å². The lowest BCUT2D eigenvalue weighted by Crippen LogP contribution is -2.11. The average molecular weight is 305 g/mol. The molecule has 1 aromatic carbocycles. The molecule has 96 valence electrons. The van der Waals surface area contributed by atoms with Crippen molar-refractivity contribution in [2.75, 3.05) is 6.26 Å². The molecular weight excluding hydrogens is 295 g/mol. The number of hydrogen-bond acceptors (Lipinski definition) is 3. The van der Waals surface area contributed by atoms with E-state index in [9.17, 15) is 4.79 Å². The van der Waals surface area contributed by atoms with Crippen LogP contribution in [0.4, 0.5) is 0 Å². The summed E-state index contributed by atoms with van der Waals surface area (Å²) in [5, 5.41) is 9.76. The van der Waals surface area contributed by atoms with Gasteiger partial charge in [0.15, 0.2) is 0 Å². The van der Waals surface area contributed by atoms with Crippen molar-refractivity contribution in [3.8, 4) is 0 Å². The minimum Gasteiger partial charge on any atom is -0.480 e. The van der Waals surface area contributed by atoms with Gasteiger partial charge in [-0.25, -0.2) is 4.98 Å². The van der Waals surface area contributed by atoms with E-state index in [4.69, 9.17) is 28.3 Å². The van der Waals surface area contributed by atoms with Gasteiger partial charge >= 0.3 is 5.97 Å². The molecule has 0 aliphatic rings. The van der Waals surface area contributed by atoms with Crippen molar-refractivity contribution in [2.45, 2.75) is 12.3 Å². The number of carboxylic acid groups (broad SMARTS) is 1. The van der Waals surface area contributed by atoms with Crippen LogP contribution in [0.15, 0.2) is 12.1 Å². The Morgan fingerprint density at radius 1 is 1.44 bits per heavy atom. The van der Waals surface area contributed by atoms with E-state index in [-0.39, 0.29) is 6.54 Å². The first-order chi connectivity index (χ1) is 8.52. The van der Waals surface area contributed by atoms with Gasteiger partial charge in [-0.15, -0.1) is 0 Å². The Balaban J connectivity index is 2.64. The molecular formula is C11H10Cl2N2O2S. The second kappa shape index (κ2) is 5.38. The fourth-order valence-corrected chi connectivity index (χ4v) is 2.52. The van der Waals surface area contributed by atoms with Gasteiger partial charge in [-0.2, -0.15) is 11.8 Å². The Morgan fingerprint density at radius 2 is 2.11 bits per heavy atom. The van der Waals surface area contributed by atoms with E-state index in [1.54, 1.807) is 28.5 Å². The molecule has 1 heterocycles. The molecule has 0 amide bonds. The number of carbonyl (C=O) groups is 1. The van der Waals surface area contributed by atoms with Crippen LogP contribution in [0.2, 0.25) is 10.0 Å². The van der Waals surface area contributed by atoms with Crippen molar-refractivity contribution in [1.29, 1.82) is 0 Å². The largest absolute Gasteiger partial charge is 0.480 e. The fraction of sp³-hybridized carbons (Fsp3) is 0.273. The highest BCUT2D eigenvalue weighted by Gasteiger charge is 2.14. The Kier molecular flexibility index (Phi) is 4.04. The molecule has 2 rings (SSSR count). The summed E-state index contributed by atoms with van der Waals surface area (Å²) in [7, 11) is 0. The Labute approximate surface area is 118 Å². The molecule has 4 nitrogen and oxygen atoms in total. The van der Waals surface area contributed by atoms with Crippen LogP contribution in [0.25, 0.3) is 11.0 Å². The van der Waals surface area contributed by atoms with Crippen LogP contribution in [0, 0.1) is 0 Å². The predicted octanol–water partition coefficient (Wildman–Crippen LogP) is 3.29. The number of aliphatic carboxylic acids is 1. The van der Waals surface area contributed by atoms with E-state index in [2.05, 4.69) is 4.98 Å². The molecule has 0 aliphatic carbocycles. The van der Waals surface area contributed by atoms with Crippen LogP contribution in [-0.4, -0.2) is 26.9 Å². The third-order valence-electron chi connectivity index (χ3n) is 2.44. The third-order valence-corrected chi connectivity index (χ3v) is 3.71. The normalized spacial score (nSPS) is 11.1. The number of fused-ring (bicyclic) bond motifs is 1. The molecule has 18 heavy (non-hydrogen) atoms. The van der Waals surface area contributed by atoms with Gasteiger partial charge in [0.25, 0.3) is 0 Å². The zero-order valence-electron chi connectivity index (χ0n) is 9.48. The highest BCUT2D eigenvalue weighted by Crippen LogP contribution is 2.29. The summed E-state index contributed by atoms with van der Waals surface area (Å²) in [6.45, 7) is -0.135. The first kappa shape index (κ1) is 13.5. The smallest absolute Gasteiger partial charge is 0.323 e. The van der Waals surface area contributed by atoms with Gasteiger partial charge in [0.1, 0.15) is 12.4 Å². The second-order valence-electron chi connectivity index (χ2n) is 3.70. The minimum atomic E-state index is -0.914. The lowest BCUT2D eigenvalue weighted by atomic mass is 10.3. The summed E-state index contributed by atoms with van der Waals surface area (Å²) in [6, 6.07) is 3.31. The number of carboxylic acids is 1. The molecule has 1 aromatic heterocycles. The number of nitrogens with zero attached hydrogens (tertiary/aromatic N) is 2. The molecule has 1 N–H and O–H groups in total. The maximum Gasteiger partial charge on any atom is 0.323 e. The first-order valence-corrected chi connectivity index (χ1v) is 7.22. The van der Waals surface area contributed by atoms with Gasteiger partial charge < -0.3 is 9.67 Å². The van der Waals surface area contributed by atoms with Gasteiger partial charge in [0.2, 0.25) is 0 Å². The zero-order chi connectivity index (χ0) is 13.3. The first-order valence-electron chi connectivity index (χ1n) is 5.08. The van der Waals surface area contributed by atoms with Gasteiger partial charge in [-0.1, -0.05) is 23.2 Å². The van der Waals surface area contributed by atoms with Crippen molar-refractivity contribution in [3.05, 3.63) is 28.0 Å². The number of imidazole rings is 1. The average Bonchev–Trinajstić information content (AvgIpc) is 2.58. The lowest BCUT2D eigenvalue weighted by molar-refractivity contribution is -0.137. The minimum absolute atomic E-state index is 0.135. The SMILES string of the molecule is CSCc1nc2cc(Cl)c(Cl)cc2n1CC(=O)O. The molecule has 0 unspecified atom stereocenters. The molecule has 7 heteroatoms. The maximum absolute atomic E-state index is 10.9. The monoisotopic (exact) mass is 304 g/mol. The van der Waals surface area contributed by atoms with Gasteiger partial charge in [-0.05, 0) is 18.4 Å². The summed E-state index contributed by atoms with van der Waals surface area (Å²) >= 11 is 13.5. The standard InChI is InChI=1S/C11H10Cl2N2O2S/c1-18-5-10-14-8-2-6(12)7(13)3-9(8)15(10)4-11(16)17/h2-3H,4-5H2,1H3,(H,16,17). The summed E-state index contributed by atoms with van der Waals surface area (Å²) in [5.41, 5.74) is 1.35. The van der Waals surface area contributed by atoms with Gasteiger partial charge in [-0.3, -0.25) is 4.79 Å². The number of aromatic nitrogens is 2. The highest BCUT2D eigenvalue weighted by molar-refractivity contribution is 7.97. The van der Waals surface area contributed by atoms with Crippen LogP contribution in [0.1, 0.15) is 5.82 Å². The van der Waals surface area contributed by atoms with E-state index in [0.29, 0.717) is 32.7 Å². The van der Waals surface area contributed by atoms with E-state index < -0.39 is 5.97 Å². The van der Waals surface area contributed by atoms with Crippen LogP contribution in [-0.2, 0) is 17.1 Å². The van der Waals surface area contributed by atoms with Crippen molar-refractivity contribution in [2.24, 2.45) is 0 Å². The molecule has 0 bridgehead atoms. The van der Waals surface area contributed by atoms with Crippen molar-refractivity contribution < 1.29 is 9.90 Å². The molecule has 2 aromatic rings. The van der Waals surface area contributed by atoms with Gasteiger partial charge in [0.05, 0.1) is 26.8 Å². The number of thioether (sulfide) groups is 1. The molecule has 0 aliphatic heterocycles. The zero-order valence-corrected chi connectivity index (χ0v) is 11.8. The van der Waals surface area contributed by atoms with E-state index in [1.165, 1.54) is 0 Å². The molecule has 0 radical (unpaired) electrons. The molecule has 0 saturated carbocycles. The summed E-state index contributed by atoms with van der Waals surface area (Å²) in [6.07, 6.45) is 1.93. The summed E-state index contributed by atoms with van der Waals surface area (Å²) < 4.78 is 1.65. The summed E-state index contributed by atoms with van der Waals surface area (Å²) in [5.74, 6) is 0.429. The summed E-state index contributed by atoms with van der Waals surface area (Å²) in [4.78, 5) is 15.3. The van der Waals surface area contributed by atoms with Crippen LogP contribution >= 0.6 is 35.0 Å².